The number of unbranched alkanes of at least 4 members (excludes halogenated alkanes) is 8. The van der Waals surface area contributed by atoms with Crippen molar-refractivity contribution in [2.45, 2.75) is 111 Å². The van der Waals surface area contributed by atoms with Crippen molar-refractivity contribution < 1.29 is 9.47 Å². The number of allylic oxidation sites excluding steroid dienone is 2. The minimum absolute atomic E-state index is 0.199. The molecule has 2 atom stereocenters. The Labute approximate surface area is 187 Å². The highest BCUT2D eigenvalue weighted by atomic mass is 16.5. The average Bonchev–Trinajstić information content (AvgIpc) is 2.77. The Hall–Kier alpha value is -1.12. The molecule has 0 heterocycles. The Kier molecular flexibility index (Phi) is 17.8. The van der Waals surface area contributed by atoms with Crippen molar-refractivity contribution in [1.29, 1.82) is 0 Å². The molecule has 0 saturated heterocycles. The Morgan fingerprint density at radius 1 is 0.867 bits per heavy atom. The summed E-state index contributed by atoms with van der Waals surface area (Å²) < 4.78 is 11.8. The molecule has 0 bridgehead atoms. The molecule has 0 aliphatic heterocycles. The summed E-state index contributed by atoms with van der Waals surface area (Å²) in [5.74, 6) is 0.726. The Bertz CT molecular complexity index is 497. The van der Waals surface area contributed by atoms with Crippen LogP contribution in [0.3, 0.4) is 0 Å². The van der Waals surface area contributed by atoms with Crippen LogP contribution in [-0.4, -0.2) is 19.3 Å². The number of rotatable bonds is 20. The van der Waals surface area contributed by atoms with Gasteiger partial charge in [0, 0.05) is 6.61 Å². The maximum absolute atomic E-state index is 5.98. The molecule has 2 nitrogen and oxygen atoms in total. The standard InChI is InChI=1S/C28H48O2/c1-4-6-7-8-9-10-14-19-26(3)20-15-11-12-18-23-29-25-28(5-2)30-24-27-21-16-13-17-22-27/h13-14,16-17,19,21-22,26,28H,4-12,15,18,20,23-25H2,1-3H3/b19-14+. The molecular weight excluding hydrogens is 368 g/mol. The highest BCUT2D eigenvalue weighted by Crippen LogP contribution is 2.13. The molecular formula is C28H48O2. The molecule has 0 aliphatic rings. The summed E-state index contributed by atoms with van der Waals surface area (Å²) in [7, 11) is 0. The van der Waals surface area contributed by atoms with Crippen molar-refractivity contribution in [3.05, 3.63) is 48.0 Å². The Morgan fingerprint density at radius 3 is 2.37 bits per heavy atom. The molecule has 1 aromatic rings. The first-order valence-electron chi connectivity index (χ1n) is 12.7. The molecule has 1 aromatic carbocycles. The van der Waals surface area contributed by atoms with Gasteiger partial charge in [-0.15, -0.1) is 0 Å². The molecule has 0 saturated carbocycles. The predicted molar refractivity (Wildman–Crippen MR) is 131 cm³/mol. The highest BCUT2D eigenvalue weighted by molar-refractivity contribution is 5.13. The van der Waals surface area contributed by atoms with E-state index in [1.165, 1.54) is 69.8 Å². The highest BCUT2D eigenvalue weighted by Gasteiger charge is 2.07. The number of hydrogen-bond donors (Lipinski definition) is 0. The molecule has 0 spiro atoms. The smallest absolute Gasteiger partial charge is 0.0810 e. The van der Waals surface area contributed by atoms with Gasteiger partial charge in [-0.3, -0.25) is 0 Å². The van der Waals surface area contributed by atoms with Crippen LogP contribution in [0.25, 0.3) is 0 Å². The first-order valence-corrected chi connectivity index (χ1v) is 12.7. The summed E-state index contributed by atoms with van der Waals surface area (Å²) >= 11 is 0. The molecule has 0 aromatic heterocycles. The molecule has 0 N–H and O–H groups in total. The van der Waals surface area contributed by atoms with Crippen LogP contribution < -0.4 is 0 Å². The summed E-state index contributed by atoms with van der Waals surface area (Å²) in [6.45, 7) is 9.05. The lowest BCUT2D eigenvalue weighted by Gasteiger charge is -2.16. The zero-order valence-corrected chi connectivity index (χ0v) is 20.1. The first-order chi connectivity index (χ1) is 14.8. The fraction of sp³-hybridized carbons (Fsp3) is 0.714. The van der Waals surface area contributed by atoms with E-state index in [1.54, 1.807) is 0 Å². The van der Waals surface area contributed by atoms with Crippen molar-refractivity contribution in [1.82, 2.24) is 0 Å². The van der Waals surface area contributed by atoms with E-state index < -0.39 is 0 Å². The fourth-order valence-electron chi connectivity index (χ4n) is 3.60. The topological polar surface area (TPSA) is 18.5 Å². The second-order valence-corrected chi connectivity index (χ2v) is 8.71. The minimum Gasteiger partial charge on any atom is -0.379 e. The van der Waals surface area contributed by atoms with Crippen LogP contribution in [0.2, 0.25) is 0 Å². The van der Waals surface area contributed by atoms with Gasteiger partial charge in [0.2, 0.25) is 0 Å². The predicted octanol–water partition coefficient (Wildman–Crippen LogP) is 8.50. The van der Waals surface area contributed by atoms with E-state index in [4.69, 9.17) is 9.47 Å². The van der Waals surface area contributed by atoms with Gasteiger partial charge < -0.3 is 9.47 Å². The molecule has 2 heteroatoms. The molecule has 2 unspecified atom stereocenters. The lowest BCUT2D eigenvalue weighted by atomic mass is 10.0. The SMILES string of the molecule is CCCCCCC/C=C/C(C)CCCCCCOCC(CC)OCc1ccccc1. The Morgan fingerprint density at radius 2 is 1.60 bits per heavy atom. The van der Waals surface area contributed by atoms with Gasteiger partial charge in [0.25, 0.3) is 0 Å². The van der Waals surface area contributed by atoms with Crippen LogP contribution in [0, 0.1) is 5.92 Å². The van der Waals surface area contributed by atoms with Gasteiger partial charge in [-0.25, -0.2) is 0 Å². The van der Waals surface area contributed by atoms with Crippen molar-refractivity contribution in [2.24, 2.45) is 5.92 Å². The minimum atomic E-state index is 0.199. The number of benzene rings is 1. The van der Waals surface area contributed by atoms with Crippen LogP contribution in [0.1, 0.15) is 103 Å². The van der Waals surface area contributed by atoms with E-state index in [-0.39, 0.29) is 6.10 Å². The summed E-state index contributed by atoms with van der Waals surface area (Å²) in [6, 6.07) is 10.4. The molecule has 0 radical (unpaired) electrons. The molecule has 30 heavy (non-hydrogen) atoms. The monoisotopic (exact) mass is 416 g/mol. The van der Waals surface area contributed by atoms with Crippen molar-refractivity contribution in [2.75, 3.05) is 13.2 Å². The van der Waals surface area contributed by atoms with E-state index in [0.29, 0.717) is 13.2 Å². The van der Waals surface area contributed by atoms with E-state index in [2.05, 4.69) is 57.2 Å². The van der Waals surface area contributed by atoms with Crippen LogP contribution in [-0.2, 0) is 16.1 Å². The maximum atomic E-state index is 5.98. The Balaban J connectivity index is 1.92. The number of ether oxygens (including phenoxy) is 2. The molecule has 0 fully saturated rings. The van der Waals surface area contributed by atoms with Crippen LogP contribution in [0.15, 0.2) is 42.5 Å². The molecule has 172 valence electrons. The number of hydrogen-bond acceptors (Lipinski definition) is 2. The van der Waals surface area contributed by atoms with Gasteiger partial charge in [-0.05, 0) is 43.6 Å². The zero-order valence-electron chi connectivity index (χ0n) is 20.1. The van der Waals surface area contributed by atoms with Gasteiger partial charge in [0.05, 0.1) is 19.3 Å². The second-order valence-electron chi connectivity index (χ2n) is 8.71. The van der Waals surface area contributed by atoms with Crippen LogP contribution in [0.4, 0.5) is 0 Å². The summed E-state index contributed by atoms with van der Waals surface area (Å²) in [4.78, 5) is 0. The maximum Gasteiger partial charge on any atom is 0.0810 e. The van der Waals surface area contributed by atoms with Crippen LogP contribution in [0.5, 0.6) is 0 Å². The van der Waals surface area contributed by atoms with Crippen molar-refractivity contribution in [3.8, 4) is 0 Å². The van der Waals surface area contributed by atoms with Gasteiger partial charge in [0.15, 0.2) is 0 Å². The van der Waals surface area contributed by atoms with Crippen molar-refractivity contribution in [3.63, 3.8) is 0 Å². The third-order valence-electron chi connectivity index (χ3n) is 5.72. The summed E-state index contributed by atoms with van der Waals surface area (Å²) in [5, 5.41) is 0. The zero-order chi connectivity index (χ0) is 21.7. The van der Waals surface area contributed by atoms with Crippen LogP contribution >= 0.6 is 0 Å². The van der Waals surface area contributed by atoms with Gasteiger partial charge in [0.1, 0.15) is 0 Å². The van der Waals surface area contributed by atoms with Gasteiger partial charge >= 0.3 is 0 Å². The third-order valence-corrected chi connectivity index (χ3v) is 5.72. The summed E-state index contributed by atoms with van der Waals surface area (Å²) in [5.41, 5.74) is 1.23. The van der Waals surface area contributed by atoms with Gasteiger partial charge in [-0.1, -0.05) is 108 Å². The molecule has 0 aliphatic carbocycles. The quantitative estimate of drug-likeness (QED) is 0.157. The lowest BCUT2D eigenvalue weighted by Crippen LogP contribution is -2.19. The van der Waals surface area contributed by atoms with Crippen molar-refractivity contribution >= 4 is 0 Å². The normalized spacial score (nSPS) is 13.7. The largest absolute Gasteiger partial charge is 0.379 e. The third kappa shape index (κ3) is 15.7. The van der Waals surface area contributed by atoms with E-state index in [0.717, 1.165) is 25.4 Å². The fourth-order valence-corrected chi connectivity index (χ4v) is 3.60. The molecule has 0 amide bonds. The average molecular weight is 417 g/mol. The van der Waals surface area contributed by atoms with E-state index in [9.17, 15) is 0 Å². The molecule has 1 rings (SSSR count). The van der Waals surface area contributed by atoms with E-state index >= 15 is 0 Å². The van der Waals surface area contributed by atoms with E-state index in [1.807, 2.05) is 6.07 Å². The second kappa shape index (κ2) is 19.8. The summed E-state index contributed by atoms with van der Waals surface area (Å²) in [6.07, 6.45) is 20.6. The van der Waals surface area contributed by atoms with Gasteiger partial charge in [-0.2, -0.15) is 0 Å². The lowest BCUT2D eigenvalue weighted by molar-refractivity contribution is -0.0269. The first kappa shape index (κ1) is 26.9.